The van der Waals surface area contributed by atoms with E-state index in [9.17, 15) is 4.79 Å². The van der Waals surface area contributed by atoms with Crippen molar-refractivity contribution < 1.29 is 19.0 Å². The predicted molar refractivity (Wildman–Crippen MR) is 138 cm³/mol. The molecule has 1 aromatic heterocycles. The molecule has 0 radical (unpaired) electrons. The van der Waals surface area contributed by atoms with E-state index in [-0.39, 0.29) is 5.91 Å². The van der Waals surface area contributed by atoms with Gasteiger partial charge < -0.3 is 19.1 Å². The van der Waals surface area contributed by atoms with Gasteiger partial charge >= 0.3 is 0 Å². The van der Waals surface area contributed by atoms with Crippen LogP contribution in [0.4, 0.5) is 0 Å². The minimum atomic E-state index is 0.157. The molecule has 2 aromatic carbocycles. The Labute approximate surface area is 208 Å². The third kappa shape index (κ3) is 6.44. The first kappa shape index (κ1) is 24.8. The van der Waals surface area contributed by atoms with E-state index < -0.39 is 0 Å². The molecular weight excluding hydrogens is 440 g/mol. The molecular formula is C29H36N2O4. The van der Waals surface area contributed by atoms with Gasteiger partial charge in [-0.2, -0.15) is 0 Å². The van der Waals surface area contributed by atoms with Crippen LogP contribution in [0.2, 0.25) is 0 Å². The molecule has 0 spiro atoms. The van der Waals surface area contributed by atoms with Crippen molar-refractivity contribution in [2.75, 3.05) is 26.3 Å². The Morgan fingerprint density at radius 2 is 1.77 bits per heavy atom. The number of hydrogen-bond acceptors (Lipinski definition) is 5. The Morgan fingerprint density at radius 1 is 1.03 bits per heavy atom. The van der Waals surface area contributed by atoms with Gasteiger partial charge in [0.05, 0.1) is 24.4 Å². The molecule has 0 N–H and O–H groups in total. The van der Waals surface area contributed by atoms with Crippen LogP contribution in [0.1, 0.15) is 50.8 Å². The number of rotatable bonds is 10. The number of piperidine rings is 1. The number of unbranched alkanes of at least 4 members (excludes halogenated alkanes) is 1. The van der Waals surface area contributed by atoms with Crippen LogP contribution in [-0.4, -0.2) is 42.1 Å². The summed E-state index contributed by atoms with van der Waals surface area (Å²) < 4.78 is 18.4. The highest BCUT2D eigenvalue weighted by Gasteiger charge is 2.21. The molecule has 4 rings (SSSR count). The van der Waals surface area contributed by atoms with Crippen LogP contribution in [0.3, 0.4) is 0 Å². The maximum Gasteiger partial charge on any atom is 0.219 e. The number of amides is 1. The number of carbonyl (C=O) groups excluding carboxylic acids is 1. The Bertz CT molecular complexity index is 1140. The van der Waals surface area contributed by atoms with E-state index in [1.807, 2.05) is 47.4 Å². The van der Waals surface area contributed by atoms with Crippen LogP contribution in [0.15, 0.2) is 48.5 Å². The monoisotopic (exact) mass is 476 g/mol. The second kappa shape index (κ2) is 11.9. The molecule has 0 saturated carbocycles. The Balaban J connectivity index is 1.39. The normalized spacial score (nSPS) is 14.2. The SMILES string of the molecule is CCCCOc1c(C)c(COc2cccc(OCC3CCN(C(C)=O)CC3)c2)nc2ccccc12. The summed E-state index contributed by atoms with van der Waals surface area (Å²) in [5.41, 5.74) is 2.80. The van der Waals surface area contributed by atoms with Gasteiger partial charge in [-0.3, -0.25) is 4.79 Å². The molecule has 0 atom stereocenters. The molecule has 0 bridgehead atoms. The Hall–Kier alpha value is -3.28. The summed E-state index contributed by atoms with van der Waals surface area (Å²) in [5, 5.41) is 1.04. The van der Waals surface area contributed by atoms with Crippen molar-refractivity contribution in [3.05, 3.63) is 59.8 Å². The fraction of sp³-hybridized carbons (Fsp3) is 0.448. The van der Waals surface area contributed by atoms with Gasteiger partial charge in [0.15, 0.2) is 0 Å². The molecule has 1 aliphatic rings. The van der Waals surface area contributed by atoms with Gasteiger partial charge in [-0.1, -0.05) is 31.5 Å². The van der Waals surface area contributed by atoms with E-state index in [4.69, 9.17) is 19.2 Å². The smallest absolute Gasteiger partial charge is 0.219 e. The summed E-state index contributed by atoms with van der Waals surface area (Å²) in [6, 6.07) is 15.9. The molecule has 0 unspecified atom stereocenters. The number of carbonyl (C=O) groups is 1. The number of benzene rings is 2. The summed E-state index contributed by atoms with van der Waals surface area (Å²) in [5.74, 6) is 3.06. The van der Waals surface area contributed by atoms with E-state index in [2.05, 4.69) is 19.9 Å². The molecule has 6 nitrogen and oxygen atoms in total. The van der Waals surface area contributed by atoms with Crippen molar-refractivity contribution in [3.8, 4) is 17.2 Å². The molecule has 1 aliphatic heterocycles. The van der Waals surface area contributed by atoms with Crippen LogP contribution in [-0.2, 0) is 11.4 Å². The topological polar surface area (TPSA) is 60.9 Å². The molecule has 2 heterocycles. The Morgan fingerprint density at radius 3 is 2.51 bits per heavy atom. The first-order chi connectivity index (χ1) is 17.0. The van der Waals surface area contributed by atoms with Gasteiger partial charge in [-0.15, -0.1) is 0 Å². The van der Waals surface area contributed by atoms with Crippen LogP contribution < -0.4 is 14.2 Å². The van der Waals surface area contributed by atoms with Gasteiger partial charge in [0.2, 0.25) is 5.91 Å². The summed E-state index contributed by atoms with van der Waals surface area (Å²) in [6.07, 6.45) is 4.06. The summed E-state index contributed by atoms with van der Waals surface area (Å²) in [7, 11) is 0. The number of fused-ring (bicyclic) bond motifs is 1. The lowest BCUT2D eigenvalue weighted by molar-refractivity contribution is -0.130. The van der Waals surface area contributed by atoms with Crippen molar-refractivity contribution in [2.24, 2.45) is 5.92 Å². The molecule has 186 valence electrons. The van der Waals surface area contributed by atoms with Gasteiger partial charge in [0, 0.05) is 37.0 Å². The third-order valence-electron chi connectivity index (χ3n) is 6.65. The first-order valence-corrected chi connectivity index (χ1v) is 12.7. The van der Waals surface area contributed by atoms with Gasteiger partial charge in [0.1, 0.15) is 23.9 Å². The lowest BCUT2D eigenvalue weighted by Gasteiger charge is -2.31. The highest BCUT2D eigenvalue weighted by Crippen LogP contribution is 2.31. The predicted octanol–water partition coefficient (Wildman–Crippen LogP) is 5.94. The third-order valence-corrected chi connectivity index (χ3v) is 6.65. The van der Waals surface area contributed by atoms with E-state index in [1.165, 1.54) is 0 Å². The number of para-hydroxylation sites is 1. The van der Waals surface area contributed by atoms with E-state index in [0.717, 1.165) is 78.2 Å². The van der Waals surface area contributed by atoms with Crippen LogP contribution in [0, 0.1) is 12.8 Å². The zero-order valence-electron chi connectivity index (χ0n) is 21.1. The van der Waals surface area contributed by atoms with Crippen LogP contribution >= 0.6 is 0 Å². The molecule has 1 amide bonds. The zero-order chi connectivity index (χ0) is 24.6. The Kier molecular flexibility index (Phi) is 8.45. The molecule has 1 saturated heterocycles. The minimum absolute atomic E-state index is 0.157. The molecule has 6 heteroatoms. The molecule has 1 fully saturated rings. The lowest BCUT2D eigenvalue weighted by Crippen LogP contribution is -2.38. The second-order valence-electron chi connectivity index (χ2n) is 9.26. The van der Waals surface area contributed by atoms with E-state index in [1.54, 1.807) is 6.92 Å². The molecule has 3 aromatic rings. The van der Waals surface area contributed by atoms with E-state index in [0.29, 0.717) is 25.7 Å². The van der Waals surface area contributed by atoms with Crippen molar-refractivity contribution in [1.29, 1.82) is 0 Å². The average molecular weight is 477 g/mol. The fourth-order valence-corrected chi connectivity index (χ4v) is 4.40. The highest BCUT2D eigenvalue weighted by molar-refractivity contribution is 5.86. The standard InChI is InChI=1S/C29H36N2O4/c1-4-5-17-33-29-21(2)28(30-27-12-7-6-11-26(27)29)20-35-25-10-8-9-24(18-25)34-19-23-13-15-31(16-14-23)22(3)32/h6-12,18,23H,4-5,13-17,19-20H2,1-3H3. The van der Waals surface area contributed by atoms with Crippen molar-refractivity contribution in [1.82, 2.24) is 9.88 Å². The number of pyridine rings is 1. The van der Waals surface area contributed by atoms with E-state index >= 15 is 0 Å². The quantitative estimate of drug-likeness (QED) is 0.339. The fourth-order valence-electron chi connectivity index (χ4n) is 4.40. The lowest BCUT2D eigenvalue weighted by atomic mass is 9.98. The second-order valence-corrected chi connectivity index (χ2v) is 9.26. The maximum atomic E-state index is 11.5. The van der Waals surface area contributed by atoms with Crippen LogP contribution in [0.25, 0.3) is 10.9 Å². The minimum Gasteiger partial charge on any atom is -0.493 e. The number of aromatic nitrogens is 1. The van der Waals surface area contributed by atoms with Gasteiger partial charge in [0.25, 0.3) is 0 Å². The van der Waals surface area contributed by atoms with Crippen LogP contribution in [0.5, 0.6) is 17.2 Å². The molecule has 0 aliphatic carbocycles. The largest absolute Gasteiger partial charge is 0.493 e. The maximum absolute atomic E-state index is 11.5. The molecule has 35 heavy (non-hydrogen) atoms. The number of hydrogen-bond donors (Lipinski definition) is 0. The summed E-state index contributed by atoms with van der Waals surface area (Å²) in [4.78, 5) is 18.3. The van der Waals surface area contributed by atoms with Gasteiger partial charge in [-0.25, -0.2) is 4.98 Å². The first-order valence-electron chi connectivity index (χ1n) is 12.7. The number of ether oxygens (including phenoxy) is 3. The zero-order valence-corrected chi connectivity index (χ0v) is 21.1. The van der Waals surface area contributed by atoms with Crippen molar-refractivity contribution in [2.45, 2.75) is 53.1 Å². The van der Waals surface area contributed by atoms with Crippen molar-refractivity contribution >= 4 is 16.8 Å². The summed E-state index contributed by atoms with van der Waals surface area (Å²) >= 11 is 0. The van der Waals surface area contributed by atoms with Gasteiger partial charge in [-0.05, 0) is 56.4 Å². The van der Waals surface area contributed by atoms with Crippen molar-refractivity contribution in [3.63, 3.8) is 0 Å². The summed E-state index contributed by atoms with van der Waals surface area (Å²) in [6.45, 7) is 9.18. The average Bonchev–Trinajstić information content (AvgIpc) is 2.88. The highest BCUT2D eigenvalue weighted by atomic mass is 16.5. The number of likely N-dealkylation sites (tertiary alicyclic amines) is 1. The number of nitrogens with zero attached hydrogens (tertiary/aromatic N) is 2.